The molecule has 2 aliphatic rings. The van der Waals surface area contributed by atoms with Gasteiger partial charge in [0.15, 0.2) is 0 Å². The predicted octanol–water partition coefficient (Wildman–Crippen LogP) is 2.99. The summed E-state index contributed by atoms with van der Waals surface area (Å²) in [4.78, 5) is 4.39. The Morgan fingerprint density at radius 1 is 1.45 bits per heavy atom. The van der Waals surface area contributed by atoms with Gasteiger partial charge in [-0.05, 0) is 36.6 Å². The zero-order valence-electron chi connectivity index (χ0n) is 12.1. The van der Waals surface area contributed by atoms with E-state index >= 15 is 0 Å². The predicted molar refractivity (Wildman–Crippen MR) is 86.5 cm³/mol. The third-order valence-corrected chi connectivity index (χ3v) is 3.19. The van der Waals surface area contributed by atoms with Crippen molar-refractivity contribution in [1.29, 1.82) is 0 Å². The van der Waals surface area contributed by atoms with Crippen molar-refractivity contribution < 1.29 is 0 Å². The van der Waals surface area contributed by atoms with Crippen molar-refractivity contribution in [2.24, 2.45) is 4.99 Å². The Labute approximate surface area is 120 Å². The number of hydrogen-bond acceptors (Lipinski definition) is 3. The normalized spacial score (nSPS) is 20.6. The number of hydrogen-bond donors (Lipinski definition) is 2. The second-order valence-corrected chi connectivity index (χ2v) is 4.78. The molecule has 0 radical (unpaired) electrons. The van der Waals surface area contributed by atoms with Crippen molar-refractivity contribution in [2.45, 2.75) is 13.8 Å². The molecule has 3 heteroatoms. The van der Waals surface area contributed by atoms with Gasteiger partial charge in [-0.25, -0.2) is 0 Å². The molecule has 0 saturated heterocycles. The van der Waals surface area contributed by atoms with Gasteiger partial charge in [0.1, 0.15) is 0 Å². The molecular formula is C17H21N3. The number of nitrogens with zero attached hydrogens (tertiary/aromatic N) is 1. The number of allylic oxidation sites excluding steroid dienone is 5. The lowest BCUT2D eigenvalue weighted by atomic mass is 10.0. The molecule has 0 bridgehead atoms. The third kappa shape index (κ3) is 3.60. The first-order valence-corrected chi connectivity index (χ1v) is 6.82. The average molecular weight is 267 g/mol. The summed E-state index contributed by atoms with van der Waals surface area (Å²) < 4.78 is 0. The van der Waals surface area contributed by atoms with Gasteiger partial charge in [-0.3, -0.25) is 4.99 Å². The van der Waals surface area contributed by atoms with E-state index in [1.54, 1.807) is 6.20 Å². The fraction of sp³-hybridized carbons (Fsp3) is 0.235. The van der Waals surface area contributed by atoms with Gasteiger partial charge < -0.3 is 10.6 Å². The molecule has 2 N–H and O–H groups in total. The molecule has 0 aromatic heterocycles. The summed E-state index contributed by atoms with van der Waals surface area (Å²) in [7, 11) is 0. The fourth-order valence-electron chi connectivity index (χ4n) is 1.98. The molecule has 1 aliphatic carbocycles. The lowest BCUT2D eigenvalue weighted by Crippen LogP contribution is -2.24. The molecule has 0 fully saturated rings. The highest BCUT2D eigenvalue weighted by atomic mass is 14.9. The molecule has 3 nitrogen and oxygen atoms in total. The van der Waals surface area contributed by atoms with Crippen LogP contribution >= 0.6 is 0 Å². The van der Waals surface area contributed by atoms with Crippen molar-refractivity contribution >= 4 is 5.71 Å². The number of nitrogens with one attached hydrogen (secondary N) is 2. The van der Waals surface area contributed by atoms with Crippen LogP contribution in [0.2, 0.25) is 0 Å². The van der Waals surface area contributed by atoms with Crippen LogP contribution in [-0.4, -0.2) is 18.8 Å². The van der Waals surface area contributed by atoms with Gasteiger partial charge >= 0.3 is 0 Å². The first-order valence-electron chi connectivity index (χ1n) is 6.82. The van der Waals surface area contributed by atoms with E-state index in [2.05, 4.69) is 47.4 Å². The van der Waals surface area contributed by atoms with Crippen LogP contribution in [0.4, 0.5) is 0 Å². The summed E-state index contributed by atoms with van der Waals surface area (Å²) in [6.45, 7) is 9.75. The van der Waals surface area contributed by atoms with Crippen LogP contribution in [0.25, 0.3) is 0 Å². The van der Waals surface area contributed by atoms with Gasteiger partial charge in [-0.2, -0.15) is 0 Å². The van der Waals surface area contributed by atoms with Crippen LogP contribution in [0.1, 0.15) is 13.8 Å². The van der Waals surface area contributed by atoms with E-state index < -0.39 is 0 Å². The summed E-state index contributed by atoms with van der Waals surface area (Å²) >= 11 is 0. The SMILES string of the molecule is C=C1C=CC(CNC2=CNCC=C2C)=C/C1=N/C=C\C. The Kier molecular flexibility index (Phi) is 4.77. The molecule has 20 heavy (non-hydrogen) atoms. The van der Waals surface area contributed by atoms with E-state index in [1.807, 2.05) is 25.3 Å². The maximum Gasteiger partial charge on any atom is 0.0699 e. The highest BCUT2D eigenvalue weighted by Crippen LogP contribution is 2.14. The fourth-order valence-corrected chi connectivity index (χ4v) is 1.98. The minimum atomic E-state index is 0.775. The Balaban J connectivity index is 2.03. The van der Waals surface area contributed by atoms with Crippen molar-refractivity contribution in [3.05, 3.63) is 71.8 Å². The van der Waals surface area contributed by atoms with Gasteiger partial charge in [0.25, 0.3) is 0 Å². The van der Waals surface area contributed by atoms with Crippen molar-refractivity contribution in [3.8, 4) is 0 Å². The topological polar surface area (TPSA) is 36.4 Å². The minimum absolute atomic E-state index is 0.775. The van der Waals surface area contributed by atoms with Crippen molar-refractivity contribution in [2.75, 3.05) is 13.1 Å². The van der Waals surface area contributed by atoms with E-state index in [9.17, 15) is 0 Å². The van der Waals surface area contributed by atoms with Crippen molar-refractivity contribution in [1.82, 2.24) is 10.6 Å². The van der Waals surface area contributed by atoms with Gasteiger partial charge in [-0.15, -0.1) is 0 Å². The Bertz CT molecular complexity index is 569. The summed E-state index contributed by atoms with van der Waals surface area (Å²) in [5, 5.41) is 6.65. The quantitative estimate of drug-likeness (QED) is 0.821. The minimum Gasteiger partial charge on any atom is -0.386 e. The molecule has 1 aliphatic heterocycles. The van der Waals surface area contributed by atoms with Crippen LogP contribution in [0.15, 0.2) is 76.8 Å². The van der Waals surface area contributed by atoms with Crippen molar-refractivity contribution in [3.63, 3.8) is 0 Å². The Hall–Kier alpha value is -2.29. The first-order chi connectivity index (χ1) is 9.70. The molecule has 1 heterocycles. The van der Waals surface area contributed by atoms with Crippen LogP contribution < -0.4 is 10.6 Å². The molecule has 2 rings (SSSR count). The maximum absolute atomic E-state index is 4.39. The lowest BCUT2D eigenvalue weighted by Gasteiger charge is -2.17. The summed E-state index contributed by atoms with van der Waals surface area (Å²) in [6, 6.07) is 0. The summed E-state index contributed by atoms with van der Waals surface area (Å²) in [5.41, 5.74) is 5.48. The van der Waals surface area contributed by atoms with E-state index in [0.717, 1.165) is 30.1 Å². The average Bonchev–Trinajstić information content (AvgIpc) is 2.46. The van der Waals surface area contributed by atoms with Gasteiger partial charge in [0.05, 0.1) is 11.4 Å². The summed E-state index contributed by atoms with van der Waals surface area (Å²) in [6.07, 6.45) is 14.1. The Morgan fingerprint density at radius 2 is 2.30 bits per heavy atom. The molecule has 0 amide bonds. The Morgan fingerprint density at radius 3 is 3.05 bits per heavy atom. The zero-order valence-corrected chi connectivity index (χ0v) is 12.1. The monoisotopic (exact) mass is 267 g/mol. The smallest absolute Gasteiger partial charge is 0.0699 e. The van der Waals surface area contributed by atoms with E-state index in [4.69, 9.17) is 0 Å². The highest BCUT2D eigenvalue weighted by Gasteiger charge is 2.08. The largest absolute Gasteiger partial charge is 0.386 e. The van der Waals surface area contributed by atoms with Crippen LogP contribution in [-0.2, 0) is 0 Å². The first kappa shape index (κ1) is 14.1. The lowest BCUT2D eigenvalue weighted by molar-refractivity contribution is 0.831. The van der Waals surface area contributed by atoms with E-state index in [1.165, 1.54) is 11.1 Å². The highest BCUT2D eigenvalue weighted by molar-refractivity contribution is 6.12. The molecule has 0 aromatic carbocycles. The van der Waals surface area contributed by atoms with Crippen LogP contribution in [0.5, 0.6) is 0 Å². The number of dihydropyridines is 1. The van der Waals surface area contributed by atoms with Gasteiger partial charge in [0.2, 0.25) is 0 Å². The molecule has 0 aromatic rings. The molecule has 0 saturated carbocycles. The van der Waals surface area contributed by atoms with E-state index in [-0.39, 0.29) is 0 Å². The molecular weight excluding hydrogens is 246 g/mol. The zero-order chi connectivity index (χ0) is 14.4. The van der Waals surface area contributed by atoms with E-state index in [0.29, 0.717) is 0 Å². The second-order valence-electron chi connectivity index (χ2n) is 4.78. The van der Waals surface area contributed by atoms with Crippen LogP contribution in [0.3, 0.4) is 0 Å². The number of aliphatic imine (C=N–C) groups is 1. The second kappa shape index (κ2) is 6.75. The summed E-state index contributed by atoms with van der Waals surface area (Å²) in [5.74, 6) is 0. The molecule has 104 valence electrons. The number of rotatable bonds is 4. The standard InChI is InChI=1S/C17H21N3/c1-4-8-19-16-10-15(6-5-13(16)2)11-20-17-12-18-9-7-14(17)3/h4-8,10,12,18,20H,2,9,11H2,1,3H3/b8-4-,19-16-. The van der Waals surface area contributed by atoms with Gasteiger partial charge in [-0.1, -0.05) is 30.9 Å². The molecule has 0 atom stereocenters. The molecule has 0 unspecified atom stereocenters. The van der Waals surface area contributed by atoms with Gasteiger partial charge in [0, 0.05) is 25.5 Å². The maximum atomic E-state index is 4.39. The molecule has 0 spiro atoms. The third-order valence-electron chi connectivity index (χ3n) is 3.19. The van der Waals surface area contributed by atoms with Crippen LogP contribution in [0, 0.1) is 0 Å².